The molecule has 0 fully saturated rings. The van der Waals surface area contributed by atoms with Gasteiger partial charge in [0.05, 0.1) is 5.56 Å². The van der Waals surface area contributed by atoms with Crippen LogP contribution in [0, 0.1) is 3.57 Å². The monoisotopic (exact) mass is 469 g/mol. The number of benzene rings is 2. The Morgan fingerprint density at radius 1 is 1.10 bits per heavy atom. The van der Waals surface area contributed by atoms with Crippen molar-refractivity contribution in [2.45, 2.75) is 18.6 Å². The van der Waals surface area contributed by atoms with Crippen molar-refractivity contribution in [2.24, 2.45) is 5.73 Å². The van der Waals surface area contributed by atoms with Gasteiger partial charge in [0, 0.05) is 14.1 Å². The summed E-state index contributed by atoms with van der Waals surface area (Å²) in [5.74, 6) is 0. The normalized spacial score (nSPS) is 13.2. The molecule has 0 radical (unpaired) electrons. The van der Waals surface area contributed by atoms with E-state index in [1.54, 1.807) is 0 Å². The molecule has 0 aliphatic rings. The van der Waals surface area contributed by atoms with Crippen LogP contribution >= 0.6 is 38.5 Å². The van der Waals surface area contributed by atoms with Gasteiger partial charge in [0.15, 0.2) is 0 Å². The molecule has 1 atom stereocenters. The summed E-state index contributed by atoms with van der Waals surface area (Å²) in [6.45, 7) is 0. The molecule has 2 aromatic rings. The van der Waals surface area contributed by atoms with Gasteiger partial charge in [0.1, 0.15) is 0 Å². The lowest BCUT2D eigenvalue weighted by atomic mass is 9.98. The van der Waals surface area contributed by atoms with E-state index in [1.165, 1.54) is 6.07 Å². The molecule has 2 aromatic carbocycles. The van der Waals surface area contributed by atoms with Crippen molar-refractivity contribution < 1.29 is 13.2 Å². The molecule has 112 valence electrons. The Morgan fingerprint density at radius 3 is 2.29 bits per heavy atom. The van der Waals surface area contributed by atoms with E-state index < -0.39 is 17.8 Å². The quantitative estimate of drug-likeness (QED) is 0.605. The molecule has 21 heavy (non-hydrogen) atoms. The molecular formula is C15H12BrF3IN. The second-order valence-corrected chi connectivity index (χ2v) is 6.77. The Kier molecular flexibility index (Phi) is 5.32. The number of alkyl halides is 3. The van der Waals surface area contributed by atoms with Crippen molar-refractivity contribution >= 4 is 38.5 Å². The van der Waals surface area contributed by atoms with Gasteiger partial charge < -0.3 is 5.73 Å². The van der Waals surface area contributed by atoms with Crippen molar-refractivity contribution in [3.63, 3.8) is 0 Å². The van der Waals surface area contributed by atoms with Gasteiger partial charge in [-0.3, -0.25) is 0 Å². The molecule has 0 saturated carbocycles. The summed E-state index contributed by atoms with van der Waals surface area (Å²) >= 11 is 5.47. The highest BCUT2D eigenvalue weighted by atomic mass is 127. The first-order chi connectivity index (χ1) is 9.77. The van der Waals surface area contributed by atoms with Crippen LogP contribution in [0.25, 0.3) is 0 Å². The van der Waals surface area contributed by atoms with Crippen molar-refractivity contribution in [1.82, 2.24) is 0 Å². The van der Waals surface area contributed by atoms with Gasteiger partial charge in [-0.2, -0.15) is 13.2 Å². The summed E-state index contributed by atoms with van der Waals surface area (Å²) in [5.41, 5.74) is 6.85. The van der Waals surface area contributed by atoms with Gasteiger partial charge in [-0.1, -0.05) is 28.1 Å². The first-order valence-corrected chi connectivity index (χ1v) is 8.01. The lowest BCUT2D eigenvalue weighted by molar-refractivity contribution is -0.137. The number of nitrogens with two attached hydrogens (primary N) is 1. The standard InChI is InChI=1S/C15H12BrF3IN/c16-13-6-3-10(15(17,18)19)8-12(13)14(21)7-9-1-4-11(20)5-2-9/h1-6,8,14H,7,21H2. The highest BCUT2D eigenvalue weighted by Gasteiger charge is 2.31. The van der Waals surface area contributed by atoms with Crippen LogP contribution < -0.4 is 5.73 Å². The molecule has 0 heterocycles. The molecule has 6 heteroatoms. The average Bonchev–Trinajstić information content (AvgIpc) is 2.40. The zero-order valence-corrected chi connectivity index (χ0v) is 14.5. The second-order valence-electron chi connectivity index (χ2n) is 4.67. The van der Waals surface area contributed by atoms with Crippen molar-refractivity contribution in [2.75, 3.05) is 0 Å². The predicted octanol–water partition coefficient (Wildman–Crippen LogP) is 5.32. The Hall–Kier alpha value is -0.600. The molecule has 0 aromatic heterocycles. The third-order valence-corrected chi connectivity index (χ3v) is 4.53. The maximum absolute atomic E-state index is 12.8. The molecule has 0 bridgehead atoms. The maximum atomic E-state index is 12.8. The summed E-state index contributed by atoms with van der Waals surface area (Å²) in [7, 11) is 0. The van der Waals surface area contributed by atoms with Crippen LogP contribution in [0.5, 0.6) is 0 Å². The first-order valence-electron chi connectivity index (χ1n) is 6.14. The minimum Gasteiger partial charge on any atom is -0.324 e. The molecule has 1 nitrogen and oxygen atoms in total. The minimum atomic E-state index is -4.36. The van der Waals surface area contributed by atoms with Crippen LogP contribution in [-0.4, -0.2) is 0 Å². The number of hydrogen-bond acceptors (Lipinski definition) is 1. The van der Waals surface area contributed by atoms with E-state index in [9.17, 15) is 13.2 Å². The summed E-state index contributed by atoms with van der Waals surface area (Å²) in [4.78, 5) is 0. The third-order valence-electron chi connectivity index (χ3n) is 3.09. The smallest absolute Gasteiger partial charge is 0.324 e. The van der Waals surface area contributed by atoms with E-state index in [2.05, 4.69) is 38.5 Å². The Morgan fingerprint density at radius 2 is 1.71 bits per heavy atom. The molecule has 1 unspecified atom stereocenters. The average molecular weight is 470 g/mol. The van der Waals surface area contributed by atoms with Crippen LogP contribution in [0.4, 0.5) is 13.2 Å². The summed E-state index contributed by atoms with van der Waals surface area (Å²) in [6, 6.07) is 10.8. The highest BCUT2D eigenvalue weighted by Crippen LogP contribution is 2.34. The summed E-state index contributed by atoms with van der Waals surface area (Å²) in [5, 5.41) is 0. The highest BCUT2D eigenvalue weighted by molar-refractivity contribution is 14.1. The zero-order chi connectivity index (χ0) is 15.6. The van der Waals surface area contributed by atoms with Crippen LogP contribution in [-0.2, 0) is 12.6 Å². The Bertz CT molecular complexity index is 626. The lowest BCUT2D eigenvalue weighted by Crippen LogP contribution is -2.15. The summed E-state index contributed by atoms with van der Waals surface area (Å²) < 4.78 is 40.0. The van der Waals surface area contributed by atoms with Crippen molar-refractivity contribution in [3.05, 3.63) is 67.2 Å². The van der Waals surface area contributed by atoms with Crippen molar-refractivity contribution in [3.8, 4) is 0 Å². The number of rotatable bonds is 3. The molecule has 0 spiro atoms. The van der Waals surface area contributed by atoms with Crippen LogP contribution in [0.1, 0.15) is 22.7 Å². The maximum Gasteiger partial charge on any atom is 0.416 e. The fraction of sp³-hybridized carbons (Fsp3) is 0.200. The topological polar surface area (TPSA) is 26.0 Å². The molecule has 2 rings (SSSR count). The molecule has 0 amide bonds. The summed E-state index contributed by atoms with van der Waals surface area (Å²) in [6.07, 6.45) is -3.88. The van der Waals surface area contributed by atoms with E-state index in [0.717, 1.165) is 21.3 Å². The third kappa shape index (κ3) is 4.43. The number of halogens is 5. The number of hydrogen-bond donors (Lipinski definition) is 1. The second kappa shape index (κ2) is 6.66. The zero-order valence-electron chi connectivity index (χ0n) is 10.8. The van der Waals surface area contributed by atoms with Gasteiger partial charge in [-0.25, -0.2) is 0 Å². The van der Waals surface area contributed by atoms with Gasteiger partial charge in [-0.15, -0.1) is 0 Å². The molecule has 2 N–H and O–H groups in total. The van der Waals surface area contributed by atoms with E-state index in [-0.39, 0.29) is 0 Å². The van der Waals surface area contributed by atoms with E-state index >= 15 is 0 Å². The van der Waals surface area contributed by atoms with Gasteiger partial charge in [0.25, 0.3) is 0 Å². The van der Waals surface area contributed by atoms with Crippen molar-refractivity contribution in [1.29, 1.82) is 0 Å². The Balaban J connectivity index is 2.26. The fourth-order valence-electron chi connectivity index (χ4n) is 1.99. The van der Waals surface area contributed by atoms with Crippen LogP contribution in [0.15, 0.2) is 46.9 Å². The first kappa shape index (κ1) is 16.8. The lowest BCUT2D eigenvalue weighted by Gasteiger charge is -2.16. The van der Waals surface area contributed by atoms with Gasteiger partial charge >= 0.3 is 6.18 Å². The predicted molar refractivity (Wildman–Crippen MR) is 88.9 cm³/mol. The largest absolute Gasteiger partial charge is 0.416 e. The van der Waals surface area contributed by atoms with E-state index in [1.807, 2.05) is 24.3 Å². The van der Waals surface area contributed by atoms with Gasteiger partial charge in [-0.05, 0) is 70.5 Å². The molecule has 0 saturated heterocycles. The van der Waals surface area contributed by atoms with E-state index in [0.29, 0.717) is 16.5 Å². The molecule has 0 aliphatic heterocycles. The SMILES string of the molecule is NC(Cc1ccc(I)cc1)c1cc(C(F)(F)F)ccc1Br. The molecular weight excluding hydrogens is 458 g/mol. The van der Waals surface area contributed by atoms with Crippen LogP contribution in [0.2, 0.25) is 0 Å². The van der Waals surface area contributed by atoms with Gasteiger partial charge in [0.2, 0.25) is 0 Å². The minimum absolute atomic E-state index is 0.461. The molecule has 0 aliphatic carbocycles. The Labute approximate surface area is 143 Å². The van der Waals surface area contributed by atoms with Crippen LogP contribution in [0.3, 0.4) is 0 Å². The fourth-order valence-corrected chi connectivity index (χ4v) is 2.89. The van der Waals surface area contributed by atoms with E-state index in [4.69, 9.17) is 5.73 Å².